The highest BCUT2D eigenvalue weighted by atomic mass is 32.2. The van der Waals surface area contributed by atoms with Gasteiger partial charge in [-0.1, -0.05) is 19.3 Å². The largest absolute Gasteiger partial charge is 0.327 e. The molecule has 1 aliphatic carbocycles. The van der Waals surface area contributed by atoms with Crippen LogP contribution >= 0.6 is 11.8 Å². The van der Waals surface area contributed by atoms with Crippen LogP contribution in [0.1, 0.15) is 32.1 Å². The molecule has 0 amide bonds. The summed E-state index contributed by atoms with van der Waals surface area (Å²) in [7, 11) is -2.81. The molecule has 15 heavy (non-hydrogen) atoms. The van der Waals surface area contributed by atoms with E-state index in [4.69, 9.17) is 5.73 Å². The lowest BCUT2D eigenvalue weighted by Gasteiger charge is -2.20. The Morgan fingerprint density at radius 2 is 1.93 bits per heavy atom. The fraction of sp³-hybridized carbons (Fsp3) is 1.00. The summed E-state index contributed by atoms with van der Waals surface area (Å²) in [6.07, 6.45) is 7.28. The van der Waals surface area contributed by atoms with Crippen molar-refractivity contribution >= 4 is 21.6 Å². The molecule has 2 N–H and O–H groups in total. The van der Waals surface area contributed by atoms with E-state index in [1.54, 1.807) is 11.8 Å². The smallest absolute Gasteiger partial charge is 0.148 e. The lowest BCUT2D eigenvalue weighted by molar-refractivity contribution is 0.595. The van der Waals surface area contributed by atoms with Gasteiger partial charge in [-0.05, 0) is 12.8 Å². The second kappa shape index (κ2) is 6.11. The second-order valence-corrected chi connectivity index (χ2v) is 7.95. The van der Waals surface area contributed by atoms with Gasteiger partial charge in [0.1, 0.15) is 9.84 Å². The summed E-state index contributed by atoms with van der Waals surface area (Å²) in [5, 5.41) is 0.467. The number of hydrogen-bond acceptors (Lipinski definition) is 4. The van der Waals surface area contributed by atoms with Crippen LogP contribution in [0.2, 0.25) is 0 Å². The van der Waals surface area contributed by atoms with Crippen LogP contribution in [0.5, 0.6) is 0 Å². The Labute approximate surface area is 97.1 Å². The van der Waals surface area contributed by atoms with Crippen molar-refractivity contribution in [1.29, 1.82) is 0 Å². The summed E-state index contributed by atoms with van der Waals surface area (Å²) in [6, 6.07) is 0.261. The molecule has 0 aromatic heterocycles. The summed E-state index contributed by atoms with van der Waals surface area (Å²) in [6.45, 7) is 0. The van der Waals surface area contributed by atoms with Crippen molar-refractivity contribution in [1.82, 2.24) is 0 Å². The Kier molecular flexibility index (Phi) is 5.43. The van der Waals surface area contributed by atoms with Gasteiger partial charge >= 0.3 is 0 Å². The van der Waals surface area contributed by atoms with Crippen LogP contribution in [0, 0.1) is 0 Å². The average molecular weight is 251 g/mol. The van der Waals surface area contributed by atoms with Crippen LogP contribution in [0.4, 0.5) is 0 Å². The van der Waals surface area contributed by atoms with E-state index in [1.165, 1.54) is 25.5 Å². The third-order valence-corrected chi connectivity index (χ3v) is 5.45. The highest BCUT2D eigenvalue weighted by Gasteiger charge is 2.20. The van der Waals surface area contributed by atoms with Crippen LogP contribution in [-0.4, -0.2) is 37.5 Å². The summed E-state index contributed by atoms with van der Waals surface area (Å²) in [5.74, 6) is 0.970. The zero-order valence-electron chi connectivity index (χ0n) is 9.31. The molecule has 1 saturated carbocycles. The molecule has 0 bridgehead atoms. The van der Waals surface area contributed by atoms with Gasteiger partial charge in [0.25, 0.3) is 0 Å². The maximum atomic E-state index is 11.0. The molecule has 0 aromatic carbocycles. The van der Waals surface area contributed by atoms with Crippen molar-refractivity contribution in [3.63, 3.8) is 0 Å². The predicted octanol–water partition coefficient (Wildman–Crippen LogP) is 1.42. The number of sulfone groups is 1. The van der Waals surface area contributed by atoms with E-state index in [9.17, 15) is 8.42 Å². The Bertz CT molecular complexity index is 277. The highest BCUT2D eigenvalue weighted by Crippen LogP contribution is 2.26. The lowest BCUT2D eigenvalue weighted by atomic mass is 10.1. The van der Waals surface area contributed by atoms with Gasteiger partial charge < -0.3 is 5.73 Å². The normalized spacial score (nSPS) is 28.7. The molecule has 5 heteroatoms. The molecule has 0 aromatic rings. The van der Waals surface area contributed by atoms with Crippen molar-refractivity contribution in [2.24, 2.45) is 5.73 Å². The first-order valence-corrected chi connectivity index (χ1v) is 8.65. The summed E-state index contributed by atoms with van der Waals surface area (Å²) in [5.41, 5.74) is 6.06. The topological polar surface area (TPSA) is 60.2 Å². The van der Waals surface area contributed by atoms with E-state index in [-0.39, 0.29) is 11.8 Å². The highest BCUT2D eigenvalue weighted by molar-refractivity contribution is 8.01. The Morgan fingerprint density at radius 1 is 1.27 bits per heavy atom. The maximum absolute atomic E-state index is 11.0. The van der Waals surface area contributed by atoms with Crippen molar-refractivity contribution < 1.29 is 8.42 Å². The quantitative estimate of drug-likeness (QED) is 0.768. The van der Waals surface area contributed by atoms with Gasteiger partial charge in [0.05, 0.1) is 5.75 Å². The molecule has 1 fully saturated rings. The molecular formula is C10H21NO2S2. The summed E-state index contributed by atoms with van der Waals surface area (Å²) in [4.78, 5) is 0. The van der Waals surface area contributed by atoms with Crippen LogP contribution in [0.15, 0.2) is 0 Å². The molecule has 0 spiro atoms. The molecule has 0 radical (unpaired) electrons. The van der Waals surface area contributed by atoms with Crippen molar-refractivity contribution in [2.45, 2.75) is 43.4 Å². The van der Waals surface area contributed by atoms with Gasteiger partial charge in [0.2, 0.25) is 0 Å². The minimum Gasteiger partial charge on any atom is -0.327 e. The zero-order chi connectivity index (χ0) is 11.3. The first kappa shape index (κ1) is 13.3. The van der Waals surface area contributed by atoms with Crippen molar-refractivity contribution in [3.8, 4) is 0 Å². The Morgan fingerprint density at radius 3 is 2.60 bits per heavy atom. The molecule has 90 valence electrons. The van der Waals surface area contributed by atoms with E-state index < -0.39 is 9.84 Å². The van der Waals surface area contributed by atoms with Gasteiger partial charge in [0.15, 0.2) is 0 Å². The number of hydrogen-bond donors (Lipinski definition) is 1. The third-order valence-electron chi connectivity index (χ3n) is 2.79. The van der Waals surface area contributed by atoms with Gasteiger partial charge in [-0.3, -0.25) is 0 Å². The molecular weight excluding hydrogens is 230 g/mol. The molecule has 1 aliphatic rings. The monoisotopic (exact) mass is 251 g/mol. The van der Waals surface area contributed by atoms with E-state index in [1.807, 2.05) is 0 Å². The van der Waals surface area contributed by atoms with E-state index in [2.05, 4.69) is 0 Å². The van der Waals surface area contributed by atoms with E-state index in [0.29, 0.717) is 11.0 Å². The maximum Gasteiger partial charge on any atom is 0.148 e. The fourth-order valence-electron chi connectivity index (χ4n) is 1.86. The third kappa shape index (κ3) is 5.78. The Balaban J connectivity index is 2.29. The average Bonchev–Trinajstić information content (AvgIpc) is 2.30. The standard InChI is InChI=1S/C10H21NO2S2/c1-15(12,13)8-7-14-10-6-4-2-3-5-9(10)11/h9-10H,2-8,11H2,1H3. The SMILES string of the molecule is CS(=O)(=O)CCSC1CCCCCC1N. The summed E-state index contributed by atoms with van der Waals surface area (Å²) >= 11 is 1.74. The first-order valence-electron chi connectivity index (χ1n) is 5.54. The second-order valence-electron chi connectivity index (χ2n) is 4.34. The van der Waals surface area contributed by atoms with Gasteiger partial charge in [-0.2, -0.15) is 11.8 Å². The minimum absolute atomic E-state index is 0.261. The zero-order valence-corrected chi connectivity index (χ0v) is 10.9. The van der Waals surface area contributed by atoms with Crippen molar-refractivity contribution in [3.05, 3.63) is 0 Å². The van der Waals surface area contributed by atoms with E-state index >= 15 is 0 Å². The number of rotatable bonds is 4. The van der Waals surface area contributed by atoms with Crippen LogP contribution < -0.4 is 5.73 Å². The van der Waals surface area contributed by atoms with Crippen LogP contribution in [-0.2, 0) is 9.84 Å². The predicted molar refractivity (Wildman–Crippen MR) is 67.0 cm³/mol. The minimum atomic E-state index is -2.81. The molecule has 3 nitrogen and oxygen atoms in total. The lowest BCUT2D eigenvalue weighted by Crippen LogP contribution is -2.31. The Hall–Kier alpha value is 0.260. The van der Waals surface area contributed by atoms with Gasteiger partial charge in [0, 0.05) is 23.3 Å². The summed E-state index contributed by atoms with van der Waals surface area (Å²) < 4.78 is 22.0. The first-order chi connectivity index (χ1) is 6.99. The molecule has 2 unspecified atom stereocenters. The van der Waals surface area contributed by atoms with E-state index in [0.717, 1.165) is 12.8 Å². The number of nitrogens with two attached hydrogens (primary N) is 1. The molecule has 2 atom stereocenters. The molecule has 0 aliphatic heterocycles. The molecule has 1 rings (SSSR count). The van der Waals surface area contributed by atoms with Gasteiger partial charge in [-0.15, -0.1) is 0 Å². The van der Waals surface area contributed by atoms with Crippen LogP contribution in [0.25, 0.3) is 0 Å². The molecule has 0 heterocycles. The molecule has 0 saturated heterocycles. The van der Waals surface area contributed by atoms with Crippen molar-refractivity contribution in [2.75, 3.05) is 17.8 Å². The van der Waals surface area contributed by atoms with Gasteiger partial charge in [-0.25, -0.2) is 8.42 Å². The number of thioether (sulfide) groups is 1. The van der Waals surface area contributed by atoms with Crippen LogP contribution in [0.3, 0.4) is 0 Å². The fourth-order valence-corrected chi connectivity index (χ4v) is 4.48.